The van der Waals surface area contributed by atoms with E-state index in [1.165, 1.54) is 7.11 Å². The summed E-state index contributed by atoms with van der Waals surface area (Å²) in [6, 6.07) is 17.0. The first-order chi connectivity index (χ1) is 17.5. The van der Waals surface area contributed by atoms with Crippen LogP contribution < -0.4 is 25.0 Å². The summed E-state index contributed by atoms with van der Waals surface area (Å²) in [7, 11) is 3.04. The molecule has 1 saturated heterocycles. The minimum atomic E-state index is -0.299. The number of carbonyl (C=O) groups is 2. The van der Waals surface area contributed by atoms with Crippen molar-refractivity contribution in [3.8, 4) is 17.2 Å². The number of benzene rings is 3. The van der Waals surface area contributed by atoms with Crippen LogP contribution in [0.25, 0.3) is 0 Å². The van der Waals surface area contributed by atoms with Crippen LogP contribution in [0.4, 0.5) is 11.4 Å². The third-order valence-electron chi connectivity index (χ3n) is 5.90. The Labute approximate surface area is 209 Å². The van der Waals surface area contributed by atoms with E-state index in [-0.39, 0.29) is 24.1 Å². The average molecular weight is 492 g/mol. The van der Waals surface area contributed by atoms with Gasteiger partial charge in [0.1, 0.15) is 5.75 Å². The van der Waals surface area contributed by atoms with Crippen LogP contribution in [0.15, 0.2) is 60.7 Å². The van der Waals surface area contributed by atoms with Gasteiger partial charge in [0.15, 0.2) is 11.5 Å². The van der Waals surface area contributed by atoms with Gasteiger partial charge in [0.25, 0.3) is 11.8 Å². The molecule has 4 rings (SSSR count). The van der Waals surface area contributed by atoms with Crippen molar-refractivity contribution in [2.45, 2.75) is 6.54 Å². The molecule has 0 saturated carbocycles. The van der Waals surface area contributed by atoms with Gasteiger partial charge in [-0.25, -0.2) is 0 Å². The molecule has 188 valence electrons. The first-order valence-corrected chi connectivity index (χ1v) is 11.5. The zero-order valence-corrected chi connectivity index (χ0v) is 20.2. The van der Waals surface area contributed by atoms with E-state index in [0.717, 1.165) is 11.3 Å². The number of hydrogen-bond donors (Lipinski definition) is 3. The maximum absolute atomic E-state index is 13.3. The van der Waals surface area contributed by atoms with Crippen molar-refractivity contribution < 1.29 is 28.9 Å². The minimum absolute atomic E-state index is 0.00139. The topological polar surface area (TPSA) is 109 Å². The number of aromatic hydroxyl groups is 1. The lowest BCUT2D eigenvalue weighted by Gasteiger charge is -2.30. The lowest BCUT2D eigenvalue weighted by molar-refractivity contribution is 0.0948. The van der Waals surface area contributed by atoms with E-state index in [0.29, 0.717) is 54.6 Å². The van der Waals surface area contributed by atoms with E-state index in [1.54, 1.807) is 61.7 Å². The van der Waals surface area contributed by atoms with Crippen LogP contribution in [0.5, 0.6) is 17.2 Å². The fraction of sp³-hybridized carbons (Fsp3) is 0.259. The Hall–Kier alpha value is -4.24. The number of methoxy groups -OCH3 is 2. The number of nitrogens with one attached hydrogen (secondary N) is 2. The lowest BCUT2D eigenvalue weighted by Crippen LogP contribution is -2.38. The van der Waals surface area contributed by atoms with E-state index in [4.69, 9.17) is 14.2 Å². The van der Waals surface area contributed by atoms with Gasteiger partial charge in [0.05, 0.1) is 33.0 Å². The fourth-order valence-corrected chi connectivity index (χ4v) is 3.94. The summed E-state index contributed by atoms with van der Waals surface area (Å²) in [5.41, 5.74) is 2.88. The third-order valence-corrected chi connectivity index (χ3v) is 5.90. The molecular weight excluding hydrogens is 462 g/mol. The number of hydrogen-bond acceptors (Lipinski definition) is 7. The SMILES string of the molecule is COc1ccc(C(=O)Nc2ccc(N3CCOCC3)c(C(=O)NCc3ccc(OC)c(O)c3)c2)cc1. The van der Waals surface area contributed by atoms with E-state index < -0.39 is 0 Å². The zero-order valence-electron chi connectivity index (χ0n) is 20.2. The molecule has 9 heteroatoms. The highest BCUT2D eigenvalue weighted by atomic mass is 16.5. The first-order valence-electron chi connectivity index (χ1n) is 11.5. The van der Waals surface area contributed by atoms with Crippen LogP contribution in [0.1, 0.15) is 26.3 Å². The van der Waals surface area contributed by atoms with Crippen LogP contribution >= 0.6 is 0 Å². The van der Waals surface area contributed by atoms with Gasteiger partial charge in [-0.15, -0.1) is 0 Å². The Morgan fingerprint density at radius 2 is 1.69 bits per heavy atom. The van der Waals surface area contributed by atoms with Crippen molar-refractivity contribution in [2.75, 3.05) is 50.7 Å². The van der Waals surface area contributed by atoms with Crippen LogP contribution in [0.3, 0.4) is 0 Å². The summed E-state index contributed by atoms with van der Waals surface area (Å²) < 4.78 is 15.7. The molecule has 0 atom stereocenters. The number of phenols is 1. The Morgan fingerprint density at radius 3 is 2.36 bits per heavy atom. The smallest absolute Gasteiger partial charge is 0.255 e. The molecule has 0 radical (unpaired) electrons. The number of ether oxygens (including phenoxy) is 3. The summed E-state index contributed by atoms with van der Waals surface area (Å²) in [5.74, 6) is 0.427. The highest BCUT2D eigenvalue weighted by molar-refractivity contribution is 6.06. The van der Waals surface area contributed by atoms with Gasteiger partial charge in [-0.1, -0.05) is 6.07 Å². The Bertz CT molecular complexity index is 1220. The molecular formula is C27H29N3O6. The van der Waals surface area contributed by atoms with E-state index in [1.807, 2.05) is 6.07 Å². The molecule has 0 bridgehead atoms. The number of anilines is 2. The van der Waals surface area contributed by atoms with Crippen molar-refractivity contribution in [3.63, 3.8) is 0 Å². The largest absolute Gasteiger partial charge is 0.504 e. The van der Waals surface area contributed by atoms with Gasteiger partial charge >= 0.3 is 0 Å². The zero-order chi connectivity index (χ0) is 25.5. The summed E-state index contributed by atoms with van der Waals surface area (Å²) in [6.07, 6.45) is 0. The molecule has 3 aromatic rings. The Kier molecular flexibility index (Phi) is 7.92. The molecule has 2 amide bonds. The molecule has 1 heterocycles. The maximum Gasteiger partial charge on any atom is 0.255 e. The molecule has 1 fully saturated rings. The van der Waals surface area contributed by atoms with Gasteiger partial charge in [0, 0.05) is 36.6 Å². The summed E-state index contributed by atoms with van der Waals surface area (Å²) >= 11 is 0. The second-order valence-corrected chi connectivity index (χ2v) is 8.20. The second kappa shape index (κ2) is 11.5. The molecule has 3 aromatic carbocycles. The third kappa shape index (κ3) is 5.87. The van der Waals surface area contributed by atoms with Crippen LogP contribution in [0.2, 0.25) is 0 Å². The summed E-state index contributed by atoms with van der Waals surface area (Å²) in [4.78, 5) is 28.1. The van der Waals surface area contributed by atoms with Gasteiger partial charge in [0.2, 0.25) is 0 Å². The van der Waals surface area contributed by atoms with E-state index in [9.17, 15) is 14.7 Å². The lowest BCUT2D eigenvalue weighted by atomic mass is 10.1. The number of amides is 2. The minimum Gasteiger partial charge on any atom is -0.504 e. The first kappa shape index (κ1) is 24.9. The number of phenolic OH excluding ortho intramolecular Hbond substituents is 1. The predicted octanol–water partition coefficient (Wildman–Crippen LogP) is 3.43. The number of rotatable bonds is 8. The quantitative estimate of drug-likeness (QED) is 0.443. The van der Waals surface area contributed by atoms with Crippen molar-refractivity contribution in [2.24, 2.45) is 0 Å². The number of nitrogens with zero attached hydrogens (tertiary/aromatic N) is 1. The van der Waals surface area contributed by atoms with E-state index >= 15 is 0 Å². The highest BCUT2D eigenvalue weighted by Gasteiger charge is 2.20. The Balaban J connectivity index is 1.54. The molecule has 0 unspecified atom stereocenters. The van der Waals surface area contributed by atoms with Crippen molar-refractivity contribution in [1.82, 2.24) is 5.32 Å². The molecule has 0 aromatic heterocycles. The molecule has 0 aliphatic carbocycles. The maximum atomic E-state index is 13.3. The van der Waals surface area contributed by atoms with Crippen molar-refractivity contribution in [3.05, 3.63) is 77.4 Å². The fourth-order valence-electron chi connectivity index (χ4n) is 3.94. The standard InChI is InChI=1S/C27H29N3O6/c1-34-21-7-4-19(5-8-21)26(32)29-20-6-9-23(30-11-13-36-14-12-30)22(16-20)27(33)28-17-18-3-10-25(35-2)24(31)15-18/h3-10,15-16,31H,11-14,17H2,1-2H3,(H,28,33)(H,29,32). The average Bonchev–Trinajstić information content (AvgIpc) is 2.92. The van der Waals surface area contributed by atoms with Crippen molar-refractivity contribution in [1.29, 1.82) is 0 Å². The van der Waals surface area contributed by atoms with Gasteiger partial charge in [-0.3, -0.25) is 9.59 Å². The normalized spacial score (nSPS) is 13.1. The van der Waals surface area contributed by atoms with Gasteiger partial charge < -0.3 is 34.9 Å². The second-order valence-electron chi connectivity index (χ2n) is 8.20. The molecule has 3 N–H and O–H groups in total. The van der Waals surface area contributed by atoms with Gasteiger partial charge in [-0.2, -0.15) is 0 Å². The van der Waals surface area contributed by atoms with Crippen LogP contribution in [-0.2, 0) is 11.3 Å². The molecule has 36 heavy (non-hydrogen) atoms. The molecule has 0 spiro atoms. The van der Waals surface area contributed by atoms with Gasteiger partial charge in [-0.05, 0) is 60.2 Å². The summed E-state index contributed by atoms with van der Waals surface area (Å²) in [6.45, 7) is 2.67. The van der Waals surface area contributed by atoms with Crippen LogP contribution in [0, 0.1) is 0 Å². The monoisotopic (exact) mass is 491 g/mol. The molecule has 1 aliphatic heterocycles. The number of carbonyl (C=O) groups excluding carboxylic acids is 2. The Morgan fingerprint density at radius 1 is 0.944 bits per heavy atom. The molecule has 1 aliphatic rings. The molecule has 9 nitrogen and oxygen atoms in total. The van der Waals surface area contributed by atoms with E-state index in [2.05, 4.69) is 15.5 Å². The summed E-state index contributed by atoms with van der Waals surface area (Å²) in [5, 5.41) is 15.8. The highest BCUT2D eigenvalue weighted by Crippen LogP contribution is 2.28. The predicted molar refractivity (Wildman–Crippen MR) is 136 cm³/mol. The van der Waals surface area contributed by atoms with Crippen LogP contribution in [-0.4, -0.2) is 57.4 Å². The number of morpholine rings is 1. The van der Waals surface area contributed by atoms with Crippen molar-refractivity contribution >= 4 is 23.2 Å².